The smallest absolute Gasteiger partial charge is 0.335 e. The van der Waals surface area contributed by atoms with Crippen LogP contribution in [0.25, 0.3) is 0 Å². The highest BCUT2D eigenvalue weighted by molar-refractivity contribution is 5.74. The summed E-state index contributed by atoms with van der Waals surface area (Å²) in [7, 11) is 0. The second kappa shape index (κ2) is 5.96. The third-order valence-electron chi connectivity index (χ3n) is 2.64. The van der Waals surface area contributed by atoms with Crippen molar-refractivity contribution < 1.29 is 18.0 Å². The van der Waals surface area contributed by atoms with Gasteiger partial charge in [-0.3, -0.25) is 0 Å². The first-order valence-corrected chi connectivity index (χ1v) is 5.58. The molecule has 0 aromatic rings. The van der Waals surface area contributed by atoms with Crippen molar-refractivity contribution >= 4 is 6.03 Å². The first kappa shape index (κ1) is 13.1. The predicted molar refractivity (Wildman–Crippen MR) is 54.1 cm³/mol. The van der Waals surface area contributed by atoms with Gasteiger partial charge in [0.1, 0.15) is 6.54 Å². The van der Waals surface area contributed by atoms with Gasteiger partial charge < -0.3 is 10.6 Å². The molecule has 6 heteroatoms. The van der Waals surface area contributed by atoms with Crippen LogP contribution in [0.2, 0.25) is 0 Å². The maximum Gasteiger partial charge on any atom is 0.405 e. The van der Waals surface area contributed by atoms with Crippen molar-refractivity contribution in [3.05, 3.63) is 0 Å². The van der Waals surface area contributed by atoms with Gasteiger partial charge >= 0.3 is 12.2 Å². The maximum absolute atomic E-state index is 11.8. The van der Waals surface area contributed by atoms with Gasteiger partial charge in [-0.25, -0.2) is 4.79 Å². The van der Waals surface area contributed by atoms with E-state index in [1.54, 1.807) is 0 Å². The van der Waals surface area contributed by atoms with E-state index in [0.29, 0.717) is 0 Å². The van der Waals surface area contributed by atoms with E-state index < -0.39 is 18.8 Å². The average Bonchev–Trinajstić information content (AvgIpc) is 2.42. The SMILES string of the molecule is O=C(NCC(F)(F)F)NC1CCCCCC1. The Kier molecular flexibility index (Phi) is 4.89. The lowest BCUT2D eigenvalue weighted by Gasteiger charge is -2.17. The predicted octanol–water partition coefficient (Wildman–Crippen LogP) is 2.57. The molecule has 0 heterocycles. The molecule has 0 aromatic carbocycles. The number of nitrogens with one attached hydrogen (secondary N) is 2. The Morgan fingerprint density at radius 2 is 1.69 bits per heavy atom. The number of urea groups is 1. The van der Waals surface area contributed by atoms with Crippen LogP contribution in [-0.2, 0) is 0 Å². The summed E-state index contributed by atoms with van der Waals surface area (Å²) < 4.78 is 35.5. The lowest BCUT2D eigenvalue weighted by atomic mass is 10.1. The maximum atomic E-state index is 11.8. The van der Waals surface area contributed by atoms with E-state index in [1.165, 1.54) is 0 Å². The summed E-state index contributed by atoms with van der Waals surface area (Å²) in [5.41, 5.74) is 0. The molecule has 1 aliphatic carbocycles. The molecule has 1 fully saturated rings. The fourth-order valence-electron chi connectivity index (χ4n) is 1.84. The molecule has 1 saturated carbocycles. The van der Waals surface area contributed by atoms with Crippen molar-refractivity contribution in [2.45, 2.75) is 50.7 Å². The average molecular weight is 238 g/mol. The minimum atomic E-state index is -4.35. The van der Waals surface area contributed by atoms with Gasteiger partial charge in [0.05, 0.1) is 0 Å². The van der Waals surface area contributed by atoms with Crippen LogP contribution in [0.5, 0.6) is 0 Å². The molecule has 0 bridgehead atoms. The Balaban J connectivity index is 2.22. The van der Waals surface area contributed by atoms with Gasteiger partial charge in [0.2, 0.25) is 0 Å². The normalized spacial score (nSPS) is 18.9. The van der Waals surface area contributed by atoms with Gasteiger partial charge in [-0.2, -0.15) is 13.2 Å². The Bertz CT molecular complexity index is 223. The van der Waals surface area contributed by atoms with Gasteiger partial charge in [0, 0.05) is 6.04 Å². The fraction of sp³-hybridized carbons (Fsp3) is 0.900. The third kappa shape index (κ3) is 5.82. The summed E-state index contributed by atoms with van der Waals surface area (Å²) in [5, 5.41) is 4.40. The van der Waals surface area contributed by atoms with Crippen molar-refractivity contribution in [3.63, 3.8) is 0 Å². The quantitative estimate of drug-likeness (QED) is 0.713. The molecule has 0 aromatic heterocycles. The summed E-state index contributed by atoms with van der Waals surface area (Å²) in [5.74, 6) is 0. The number of rotatable bonds is 2. The summed E-state index contributed by atoms with van der Waals surface area (Å²) in [6.07, 6.45) is 1.72. The van der Waals surface area contributed by atoms with E-state index in [0.717, 1.165) is 38.5 Å². The van der Waals surface area contributed by atoms with Crippen LogP contribution in [-0.4, -0.2) is 24.8 Å². The van der Waals surface area contributed by atoms with E-state index in [1.807, 2.05) is 5.32 Å². The number of alkyl halides is 3. The van der Waals surface area contributed by atoms with Crippen molar-refractivity contribution in [1.29, 1.82) is 0 Å². The van der Waals surface area contributed by atoms with Crippen LogP contribution >= 0.6 is 0 Å². The van der Waals surface area contributed by atoms with Crippen molar-refractivity contribution in [3.8, 4) is 0 Å². The molecule has 0 spiro atoms. The van der Waals surface area contributed by atoms with Gasteiger partial charge in [-0.1, -0.05) is 25.7 Å². The molecule has 0 unspecified atom stereocenters. The number of carbonyl (C=O) groups is 1. The Morgan fingerprint density at radius 3 is 2.19 bits per heavy atom. The standard InChI is InChI=1S/C10H17F3N2O/c11-10(12,13)7-14-9(16)15-8-5-3-1-2-4-6-8/h8H,1-7H2,(H2,14,15,16). The molecular formula is C10H17F3N2O. The first-order valence-electron chi connectivity index (χ1n) is 5.58. The molecule has 0 aliphatic heterocycles. The highest BCUT2D eigenvalue weighted by atomic mass is 19.4. The third-order valence-corrected chi connectivity index (χ3v) is 2.64. The van der Waals surface area contributed by atoms with E-state index in [-0.39, 0.29) is 6.04 Å². The lowest BCUT2D eigenvalue weighted by Crippen LogP contribution is -2.45. The topological polar surface area (TPSA) is 41.1 Å². The number of halogens is 3. The van der Waals surface area contributed by atoms with Crippen LogP contribution < -0.4 is 10.6 Å². The van der Waals surface area contributed by atoms with Crippen LogP contribution in [0.15, 0.2) is 0 Å². The zero-order chi connectivity index (χ0) is 12.0. The summed E-state index contributed by atoms with van der Waals surface area (Å²) >= 11 is 0. The van der Waals surface area contributed by atoms with Crippen molar-refractivity contribution in [2.75, 3.05) is 6.54 Å². The van der Waals surface area contributed by atoms with Crippen LogP contribution in [0.3, 0.4) is 0 Å². The largest absolute Gasteiger partial charge is 0.405 e. The summed E-state index contributed by atoms with van der Waals surface area (Å²) in [6.45, 7) is -1.27. The van der Waals surface area contributed by atoms with Crippen LogP contribution in [0.1, 0.15) is 38.5 Å². The minimum Gasteiger partial charge on any atom is -0.335 e. The molecule has 0 saturated heterocycles. The molecule has 94 valence electrons. The molecule has 16 heavy (non-hydrogen) atoms. The lowest BCUT2D eigenvalue weighted by molar-refractivity contribution is -0.122. The molecule has 0 radical (unpaired) electrons. The second-order valence-electron chi connectivity index (χ2n) is 4.13. The Labute approximate surface area is 92.8 Å². The number of hydrogen-bond donors (Lipinski definition) is 2. The number of amides is 2. The zero-order valence-corrected chi connectivity index (χ0v) is 9.07. The second-order valence-corrected chi connectivity index (χ2v) is 4.13. The number of hydrogen-bond acceptors (Lipinski definition) is 1. The van der Waals surface area contributed by atoms with Gasteiger partial charge in [-0.15, -0.1) is 0 Å². The molecule has 2 amide bonds. The Hall–Kier alpha value is -0.940. The highest BCUT2D eigenvalue weighted by Crippen LogP contribution is 2.17. The van der Waals surface area contributed by atoms with E-state index in [4.69, 9.17) is 0 Å². The van der Waals surface area contributed by atoms with Gasteiger partial charge in [0.25, 0.3) is 0 Å². The summed E-state index contributed by atoms with van der Waals surface area (Å²) in [4.78, 5) is 11.1. The monoisotopic (exact) mass is 238 g/mol. The molecular weight excluding hydrogens is 221 g/mol. The zero-order valence-electron chi connectivity index (χ0n) is 9.07. The molecule has 3 nitrogen and oxygen atoms in total. The first-order chi connectivity index (χ1) is 7.47. The highest BCUT2D eigenvalue weighted by Gasteiger charge is 2.28. The fourth-order valence-corrected chi connectivity index (χ4v) is 1.84. The van der Waals surface area contributed by atoms with Crippen LogP contribution in [0, 0.1) is 0 Å². The van der Waals surface area contributed by atoms with Crippen LogP contribution in [0.4, 0.5) is 18.0 Å². The van der Waals surface area contributed by atoms with Crippen molar-refractivity contribution in [2.24, 2.45) is 0 Å². The van der Waals surface area contributed by atoms with Gasteiger partial charge in [0.15, 0.2) is 0 Å². The molecule has 0 atom stereocenters. The van der Waals surface area contributed by atoms with E-state index >= 15 is 0 Å². The Morgan fingerprint density at radius 1 is 1.12 bits per heavy atom. The minimum absolute atomic E-state index is 0.0238. The molecule has 1 rings (SSSR count). The van der Waals surface area contributed by atoms with E-state index in [2.05, 4.69) is 5.32 Å². The number of carbonyl (C=O) groups excluding carboxylic acids is 1. The molecule has 2 N–H and O–H groups in total. The van der Waals surface area contributed by atoms with Gasteiger partial charge in [-0.05, 0) is 12.8 Å². The summed E-state index contributed by atoms with van der Waals surface area (Å²) in [6, 6.07) is -0.694. The molecule has 1 aliphatic rings. The van der Waals surface area contributed by atoms with E-state index in [9.17, 15) is 18.0 Å². The van der Waals surface area contributed by atoms with Crippen molar-refractivity contribution in [1.82, 2.24) is 10.6 Å².